The Morgan fingerprint density at radius 2 is 2.22 bits per heavy atom. The fourth-order valence-electron chi connectivity index (χ4n) is 2.24. The molecule has 1 atom stereocenters. The summed E-state index contributed by atoms with van der Waals surface area (Å²) in [4.78, 5) is 27.4. The van der Waals surface area contributed by atoms with Gasteiger partial charge in [0.15, 0.2) is 6.61 Å². The Bertz CT molecular complexity index is 733. The van der Waals surface area contributed by atoms with Gasteiger partial charge < -0.3 is 15.4 Å². The van der Waals surface area contributed by atoms with E-state index in [9.17, 15) is 9.59 Å². The number of nitrogens with one attached hydrogen (secondary N) is 3. The molecule has 23 heavy (non-hydrogen) atoms. The second kappa shape index (κ2) is 6.35. The molecule has 1 aliphatic heterocycles. The largest absolute Gasteiger partial charge is 0.482 e. The number of hydrogen-bond acceptors (Lipinski definition) is 4. The van der Waals surface area contributed by atoms with Gasteiger partial charge in [-0.3, -0.25) is 10.1 Å². The first kappa shape index (κ1) is 14.8. The maximum Gasteiger partial charge on any atom is 0.320 e. The van der Waals surface area contributed by atoms with Crippen molar-refractivity contribution in [2.75, 3.05) is 17.2 Å². The number of rotatable bonds is 3. The number of ether oxygens (including phenoxy) is 1. The molecule has 1 aliphatic rings. The minimum Gasteiger partial charge on any atom is -0.482 e. The zero-order valence-corrected chi connectivity index (χ0v) is 12.5. The predicted octanol–water partition coefficient (Wildman–Crippen LogP) is 2.30. The van der Waals surface area contributed by atoms with Crippen LogP contribution in [0.25, 0.3) is 0 Å². The molecule has 0 fully saturated rings. The molecule has 0 radical (unpaired) electrons. The summed E-state index contributed by atoms with van der Waals surface area (Å²) in [6.45, 7) is 1.87. The van der Waals surface area contributed by atoms with Crippen LogP contribution >= 0.6 is 0 Å². The van der Waals surface area contributed by atoms with Crippen molar-refractivity contribution in [3.63, 3.8) is 0 Å². The van der Waals surface area contributed by atoms with Gasteiger partial charge >= 0.3 is 6.03 Å². The second-order valence-corrected chi connectivity index (χ2v) is 5.13. The van der Waals surface area contributed by atoms with Crippen molar-refractivity contribution in [3.05, 3.63) is 48.2 Å². The van der Waals surface area contributed by atoms with Crippen molar-refractivity contribution in [1.82, 2.24) is 10.3 Å². The van der Waals surface area contributed by atoms with Crippen molar-refractivity contribution >= 4 is 23.4 Å². The highest BCUT2D eigenvalue weighted by Crippen LogP contribution is 2.30. The van der Waals surface area contributed by atoms with Crippen LogP contribution in [0, 0.1) is 0 Å². The van der Waals surface area contributed by atoms with Gasteiger partial charge in [-0.05, 0) is 36.8 Å². The highest BCUT2D eigenvalue weighted by molar-refractivity contribution is 5.95. The Balaban J connectivity index is 1.66. The van der Waals surface area contributed by atoms with Crippen LogP contribution < -0.4 is 20.7 Å². The van der Waals surface area contributed by atoms with Gasteiger partial charge in [-0.2, -0.15) is 0 Å². The van der Waals surface area contributed by atoms with Gasteiger partial charge in [-0.1, -0.05) is 12.1 Å². The van der Waals surface area contributed by atoms with E-state index in [4.69, 9.17) is 4.74 Å². The molecule has 0 unspecified atom stereocenters. The fraction of sp³-hybridized carbons (Fsp3) is 0.188. The summed E-state index contributed by atoms with van der Waals surface area (Å²) >= 11 is 0. The number of amides is 3. The zero-order chi connectivity index (χ0) is 16.2. The smallest absolute Gasteiger partial charge is 0.320 e. The Kier molecular flexibility index (Phi) is 4.09. The second-order valence-electron chi connectivity index (χ2n) is 5.13. The lowest BCUT2D eigenvalue weighted by Gasteiger charge is -2.21. The summed E-state index contributed by atoms with van der Waals surface area (Å²) in [5.74, 6) is 0.907. The van der Waals surface area contributed by atoms with E-state index in [2.05, 4.69) is 20.9 Å². The van der Waals surface area contributed by atoms with Crippen molar-refractivity contribution in [1.29, 1.82) is 0 Å². The van der Waals surface area contributed by atoms with Gasteiger partial charge in [0.05, 0.1) is 11.7 Å². The number of aromatic nitrogens is 1. The number of nitrogens with zero attached hydrogens (tertiary/aromatic N) is 1. The molecule has 2 heterocycles. The molecule has 0 spiro atoms. The summed E-state index contributed by atoms with van der Waals surface area (Å²) in [5.41, 5.74) is 1.46. The molecule has 3 amide bonds. The van der Waals surface area contributed by atoms with Crippen LogP contribution in [0.4, 0.5) is 16.3 Å². The molecule has 1 aromatic carbocycles. The van der Waals surface area contributed by atoms with Gasteiger partial charge in [0.25, 0.3) is 5.91 Å². The molecule has 118 valence electrons. The van der Waals surface area contributed by atoms with Crippen LogP contribution in [0.2, 0.25) is 0 Å². The van der Waals surface area contributed by atoms with E-state index in [1.165, 1.54) is 0 Å². The molecule has 0 bridgehead atoms. The van der Waals surface area contributed by atoms with Crippen molar-refractivity contribution < 1.29 is 14.3 Å². The lowest BCUT2D eigenvalue weighted by Crippen LogP contribution is -2.31. The van der Waals surface area contributed by atoms with Crippen LogP contribution in [0.5, 0.6) is 5.75 Å². The van der Waals surface area contributed by atoms with Crippen molar-refractivity contribution in [3.8, 4) is 5.75 Å². The van der Waals surface area contributed by atoms with Crippen LogP contribution in [0.1, 0.15) is 18.5 Å². The summed E-state index contributed by atoms with van der Waals surface area (Å²) in [7, 11) is 0. The number of pyridine rings is 1. The molecule has 0 saturated heterocycles. The van der Waals surface area contributed by atoms with Crippen LogP contribution in [-0.2, 0) is 4.79 Å². The molecule has 2 aromatic rings. The first-order chi connectivity index (χ1) is 11.1. The molecular formula is C16H16N4O3. The Labute approximate surface area is 133 Å². The monoisotopic (exact) mass is 312 g/mol. The highest BCUT2D eigenvalue weighted by Gasteiger charge is 2.18. The number of fused-ring (bicyclic) bond motifs is 1. The number of carbonyl (C=O) groups excluding carboxylic acids is 2. The number of benzene rings is 1. The minimum absolute atomic E-state index is 0.0205. The third-order valence-electron chi connectivity index (χ3n) is 3.39. The van der Waals surface area contributed by atoms with E-state index in [1.807, 2.05) is 13.0 Å². The average molecular weight is 312 g/mol. The molecule has 7 nitrogen and oxygen atoms in total. The summed E-state index contributed by atoms with van der Waals surface area (Å²) < 4.78 is 5.31. The van der Waals surface area contributed by atoms with E-state index in [-0.39, 0.29) is 24.6 Å². The van der Waals surface area contributed by atoms with E-state index >= 15 is 0 Å². The molecule has 0 saturated carbocycles. The molecule has 3 N–H and O–H groups in total. The fourth-order valence-corrected chi connectivity index (χ4v) is 2.24. The first-order valence-corrected chi connectivity index (χ1v) is 7.17. The van der Waals surface area contributed by atoms with Crippen molar-refractivity contribution in [2.45, 2.75) is 13.0 Å². The standard InChI is InChI=1S/C16H16N4O3/c1-10(18-16(22)20-14-4-2-3-7-17-14)11-5-6-13-12(8-11)19-15(21)9-23-13/h2-8,10H,9H2,1H3,(H,19,21)(H2,17,18,20,22)/t10-/m1/s1. The summed E-state index contributed by atoms with van der Waals surface area (Å²) in [6, 6.07) is 10.1. The highest BCUT2D eigenvalue weighted by atomic mass is 16.5. The van der Waals surface area contributed by atoms with E-state index in [0.29, 0.717) is 17.3 Å². The lowest BCUT2D eigenvalue weighted by atomic mass is 10.1. The summed E-state index contributed by atoms with van der Waals surface area (Å²) in [6.07, 6.45) is 1.60. The maximum absolute atomic E-state index is 12.0. The van der Waals surface area contributed by atoms with Gasteiger partial charge in [0.2, 0.25) is 0 Å². The Morgan fingerprint density at radius 3 is 3.00 bits per heavy atom. The quantitative estimate of drug-likeness (QED) is 0.811. The van der Waals surface area contributed by atoms with Gasteiger partial charge in [-0.25, -0.2) is 9.78 Å². The third kappa shape index (κ3) is 3.57. The molecular weight excluding hydrogens is 296 g/mol. The van der Waals surface area contributed by atoms with E-state index < -0.39 is 0 Å². The molecule has 3 rings (SSSR count). The number of urea groups is 1. The average Bonchev–Trinajstić information content (AvgIpc) is 2.54. The minimum atomic E-state index is -0.353. The number of carbonyl (C=O) groups is 2. The van der Waals surface area contributed by atoms with E-state index in [1.54, 1.807) is 36.5 Å². The molecule has 0 aliphatic carbocycles. The SMILES string of the molecule is C[C@@H](NC(=O)Nc1ccccn1)c1ccc2c(c1)NC(=O)CO2. The van der Waals surface area contributed by atoms with E-state index in [0.717, 1.165) is 5.56 Å². The molecule has 1 aromatic heterocycles. The lowest BCUT2D eigenvalue weighted by molar-refractivity contribution is -0.118. The number of hydrogen-bond donors (Lipinski definition) is 3. The predicted molar refractivity (Wildman–Crippen MR) is 85.4 cm³/mol. The van der Waals surface area contributed by atoms with Crippen LogP contribution in [0.15, 0.2) is 42.6 Å². The number of anilines is 2. The van der Waals surface area contributed by atoms with Gasteiger partial charge in [0.1, 0.15) is 11.6 Å². The maximum atomic E-state index is 12.0. The van der Waals surface area contributed by atoms with Crippen molar-refractivity contribution in [2.24, 2.45) is 0 Å². The molecule has 7 heteroatoms. The topological polar surface area (TPSA) is 92.4 Å². The van der Waals surface area contributed by atoms with Crippen LogP contribution in [0.3, 0.4) is 0 Å². The zero-order valence-electron chi connectivity index (χ0n) is 12.5. The third-order valence-corrected chi connectivity index (χ3v) is 3.39. The van der Waals surface area contributed by atoms with Gasteiger partial charge in [-0.15, -0.1) is 0 Å². The first-order valence-electron chi connectivity index (χ1n) is 7.17. The summed E-state index contributed by atoms with van der Waals surface area (Å²) in [5, 5.41) is 8.22. The normalized spacial score (nSPS) is 14.0. The van der Waals surface area contributed by atoms with Crippen LogP contribution in [-0.4, -0.2) is 23.5 Å². The Hall–Kier alpha value is -3.09. The Morgan fingerprint density at radius 1 is 1.35 bits per heavy atom. The van der Waals surface area contributed by atoms with Gasteiger partial charge in [0, 0.05) is 6.20 Å².